The predicted molar refractivity (Wildman–Crippen MR) is 117 cm³/mol. The molecule has 0 saturated carbocycles. The Morgan fingerprint density at radius 2 is 1.86 bits per heavy atom. The maximum absolute atomic E-state index is 12.3. The Hall–Kier alpha value is -2.64. The lowest BCUT2D eigenvalue weighted by Crippen LogP contribution is -2.14. The molecule has 28 heavy (non-hydrogen) atoms. The number of benzene rings is 2. The summed E-state index contributed by atoms with van der Waals surface area (Å²) < 4.78 is 0. The monoisotopic (exact) mass is 411 g/mol. The summed E-state index contributed by atoms with van der Waals surface area (Å²) in [4.78, 5) is 29.3. The molecular formula is C21H21N3O2S2. The molecule has 0 saturated heterocycles. The Morgan fingerprint density at radius 1 is 1.11 bits per heavy atom. The van der Waals surface area contributed by atoms with E-state index in [-0.39, 0.29) is 18.2 Å². The van der Waals surface area contributed by atoms with Gasteiger partial charge in [-0.3, -0.25) is 9.59 Å². The van der Waals surface area contributed by atoms with Crippen LogP contribution in [0.5, 0.6) is 0 Å². The maximum Gasteiger partial charge on any atom is 0.231 e. The molecule has 0 aliphatic rings. The minimum Gasteiger partial charge on any atom is -0.326 e. The van der Waals surface area contributed by atoms with Gasteiger partial charge in [0.05, 0.1) is 17.8 Å². The number of thioether (sulfide) groups is 1. The third kappa shape index (κ3) is 5.21. The van der Waals surface area contributed by atoms with Crippen molar-refractivity contribution in [3.8, 4) is 11.3 Å². The number of hydrogen-bond donors (Lipinski definition) is 2. The molecule has 1 heterocycles. The molecule has 0 fully saturated rings. The fourth-order valence-electron chi connectivity index (χ4n) is 2.66. The first-order chi connectivity index (χ1) is 13.4. The maximum atomic E-state index is 12.3. The van der Waals surface area contributed by atoms with Gasteiger partial charge >= 0.3 is 0 Å². The number of aromatic nitrogens is 1. The van der Waals surface area contributed by atoms with Crippen molar-refractivity contribution in [2.45, 2.75) is 25.2 Å². The molecule has 0 bridgehead atoms. The number of rotatable bonds is 6. The van der Waals surface area contributed by atoms with Crippen LogP contribution in [0, 0.1) is 6.92 Å². The van der Waals surface area contributed by atoms with E-state index in [9.17, 15) is 9.59 Å². The van der Waals surface area contributed by atoms with Crippen molar-refractivity contribution < 1.29 is 9.59 Å². The summed E-state index contributed by atoms with van der Waals surface area (Å²) >= 11 is 3.02. The fourth-order valence-corrected chi connectivity index (χ4v) is 3.99. The van der Waals surface area contributed by atoms with E-state index < -0.39 is 0 Å². The first kappa shape index (κ1) is 20.1. The zero-order chi connectivity index (χ0) is 20.1. The smallest absolute Gasteiger partial charge is 0.231 e. The van der Waals surface area contributed by atoms with Crippen molar-refractivity contribution >= 4 is 46.3 Å². The first-order valence-corrected chi connectivity index (χ1v) is 10.8. The minimum absolute atomic E-state index is 0.0959. The Labute approximate surface area is 172 Å². The Morgan fingerprint density at radius 3 is 2.54 bits per heavy atom. The number of amides is 2. The number of anilines is 2. The summed E-state index contributed by atoms with van der Waals surface area (Å²) in [5.41, 5.74) is 4.39. The molecule has 7 heteroatoms. The highest BCUT2D eigenvalue weighted by molar-refractivity contribution is 7.98. The van der Waals surface area contributed by atoms with Gasteiger partial charge in [0.25, 0.3) is 0 Å². The van der Waals surface area contributed by atoms with Crippen LogP contribution < -0.4 is 10.6 Å². The number of hydrogen-bond acceptors (Lipinski definition) is 5. The van der Waals surface area contributed by atoms with E-state index in [4.69, 9.17) is 0 Å². The second-order valence-electron chi connectivity index (χ2n) is 6.31. The van der Waals surface area contributed by atoms with Crippen molar-refractivity contribution in [3.63, 3.8) is 0 Å². The standard InChI is InChI=1S/C21H21N3O2S2/c1-13-4-7-16(8-5-13)23-20(26)11-21-24-18(12-28-21)15-6-9-19(27-3)17(10-15)22-14(2)25/h4-10,12H,11H2,1-3H3,(H,22,25)(H,23,26). The van der Waals surface area contributed by atoms with Crippen LogP contribution in [0.3, 0.4) is 0 Å². The van der Waals surface area contributed by atoms with Crippen molar-refractivity contribution in [1.82, 2.24) is 4.98 Å². The van der Waals surface area contributed by atoms with Crippen molar-refractivity contribution in [3.05, 3.63) is 58.4 Å². The van der Waals surface area contributed by atoms with Crippen LogP contribution >= 0.6 is 23.1 Å². The average molecular weight is 412 g/mol. The molecule has 0 radical (unpaired) electrons. The third-order valence-electron chi connectivity index (χ3n) is 4.00. The summed E-state index contributed by atoms with van der Waals surface area (Å²) in [5, 5.41) is 8.42. The van der Waals surface area contributed by atoms with Crippen molar-refractivity contribution in [2.75, 3.05) is 16.9 Å². The van der Waals surface area contributed by atoms with Gasteiger partial charge in [-0.2, -0.15) is 0 Å². The molecule has 0 aliphatic carbocycles. The molecule has 0 spiro atoms. The molecule has 3 aromatic rings. The number of carbonyl (C=O) groups is 2. The molecule has 1 aromatic heterocycles. The van der Waals surface area contributed by atoms with E-state index in [2.05, 4.69) is 15.6 Å². The molecule has 0 aliphatic heterocycles. The van der Waals surface area contributed by atoms with Gasteiger partial charge < -0.3 is 10.6 Å². The largest absolute Gasteiger partial charge is 0.326 e. The number of nitrogens with zero attached hydrogens (tertiary/aromatic N) is 1. The van der Waals surface area contributed by atoms with Crippen LogP contribution in [0.4, 0.5) is 11.4 Å². The molecule has 0 atom stereocenters. The van der Waals surface area contributed by atoms with Gasteiger partial charge in [0.15, 0.2) is 0 Å². The molecule has 2 aromatic carbocycles. The average Bonchev–Trinajstić information content (AvgIpc) is 3.11. The van der Waals surface area contributed by atoms with Gasteiger partial charge in [0.2, 0.25) is 11.8 Å². The molecule has 0 unspecified atom stereocenters. The van der Waals surface area contributed by atoms with Crippen LogP contribution in [-0.4, -0.2) is 23.1 Å². The second-order valence-corrected chi connectivity index (χ2v) is 8.10. The lowest BCUT2D eigenvalue weighted by Gasteiger charge is -2.09. The highest BCUT2D eigenvalue weighted by atomic mass is 32.2. The van der Waals surface area contributed by atoms with Crippen LogP contribution in [-0.2, 0) is 16.0 Å². The highest BCUT2D eigenvalue weighted by Gasteiger charge is 2.12. The summed E-state index contributed by atoms with van der Waals surface area (Å²) in [6.07, 6.45) is 2.19. The van der Waals surface area contributed by atoms with Gasteiger partial charge in [-0.25, -0.2) is 4.98 Å². The van der Waals surface area contributed by atoms with Crippen LogP contribution in [0.15, 0.2) is 52.7 Å². The third-order valence-corrected chi connectivity index (χ3v) is 5.65. The molecular weight excluding hydrogens is 390 g/mol. The summed E-state index contributed by atoms with van der Waals surface area (Å²) in [6.45, 7) is 3.50. The number of carbonyl (C=O) groups excluding carboxylic acids is 2. The summed E-state index contributed by atoms with van der Waals surface area (Å²) in [7, 11) is 0. The molecule has 144 valence electrons. The van der Waals surface area contributed by atoms with E-state index >= 15 is 0 Å². The van der Waals surface area contributed by atoms with Gasteiger partial charge in [-0.1, -0.05) is 23.8 Å². The number of nitrogens with one attached hydrogen (secondary N) is 2. The molecule has 2 N–H and O–H groups in total. The molecule has 5 nitrogen and oxygen atoms in total. The summed E-state index contributed by atoms with van der Waals surface area (Å²) in [5.74, 6) is -0.208. The first-order valence-electron chi connectivity index (χ1n) is 8.71. The second kappa shape index (κ2) is 9.03. The zero-order valence-corrected chi connectivity index (χ0v) is 17.5. The SMILES string of the molecule is CSc1ccc(-c2csc(CC(=O)Nc3ccc(C)cc3)n2)cc1NC(C)=O. The van der Waals surface area contributed by atoms with Crippen molar-refractivity contribution in [2.24, 2.45) is 0 Å². The lowest BCUT2D eigenvalue weighted by atomic mass is 10.1. The van der Waals surface area contributed by atoms with E-state index in [1.165, 1.54) is 18.3 Å². The van der Waals surface area contributed by atoms with Crippen LogP contribution in [0.1, 0.15) is 17.5 Å². The van der Waals surface area contributed by atoms with Crippen molar-refractivity contribution in [1.29, 1.82) is 0 Å². The lowest BCUT2D eigenvalue weighted by molar-refractivity contribution is -0.116. The minimum atomic E-state index is -0.112. The van der Waals surface area contributed by atoms with E-state index in [0.717, 1.165) is 38.1 Å². The Bertz CT molecular complexity index is 997. The van der Waals surface area contributed by atoms with Crippen LogP contribution in [0.25, 0.3) is 11.3 Å². The van der Waals surface area contributed by atoms with Gasteiger partial charge in [-0.15, -0.1) is 23.1 Å². The molecule has 2 amide bonds. The fraction of sp³-hybridized carbons (Fsp3) is 0.190. The highest BCUT2D eigenvalue weighted by Crippen LogP contribution is 2.31. The van der Waals surface area contributed by atoms with Gasteiger partial charge in [-0.05, 0) is 37.4 Å². The number of aryl methyl sites for hydroxylation is 1. The van der Waals surface area contributed by atoms with Gasteiger partial charge in [0.1, 0.15) is 5.01 Å². The van der Waals surface area contributed by atoms with E-state index in [0.29, 0.717) is 0 Å². The quantitative estimate of drug-likeness (QED) is 0.561. The van der Waals surface area contributed by atoms with Crippen LogP contribution in [0.2, 0.25) is 0 Å². The number of thiazole rings is 1. The molecule has 3 rings (SSSR count). The van der Waals surface area contributed by atoms with E-state index in [1.807, 2.05) is 61.0 Å². The zero-order valence-electron chi connectivity index (χ0n) is 15.9. The summed E-state index contributed by atoms with van der Waals surface area (Å²) in [6, 6.07) is 13.5. The van der Waals surface area contributed by atoms with Gasteiger partial charge in [0, 0.05) is 28.5 Å². The Kier molecular flexibility index (Phi) is 6.49. The Balaban J connectivity index is 1.72. The topological polar surface area (TPSA) is 71.1 Å². The normalized spacial score (nSPS) is 10.5. The predicted octanol–water partition coefficient (Wildman–Crippen LogP) is 4.98. The van der Waals surface area contributed by atoms with E-state index in [1.54, 1.807) is 11.8 Å².